The van der Waals surface area contributed by atoms with Crippen molar-refractivity contribution in [3.63, 3.8) is 0 Å². The van der Waals surface area contributed by atoms with E-state index in [2.05, 4.69) is 17.1 Å². The molecule has 6 aliphatic rings. The van der Waals surface area contributed by atoms with E-state index in [0.717, 1.165) is 0 Å². The summed E-state index contributed by atoms with van der Waals surface area (Å²) in [5.41, 5.74) is -3.57. The number of fused-ring (bicyclic) bond motifs is 2. The molecule has 6 fully saturated rings. The van der Waals surface area contributed by atoms with Crippen molar-refractivity contribution in [3.8, 4) is 0 Å². The molecule has 1 amide bonds. The Bertz CT molecular complexity index is 1290. The average Bonchev–Trinajstić information content (AvgIpc) is 3.39. The molecule has 12 atom stereocenters. The van der Waals surface area contributed by atoms with Crippen molar-refractivity contribution >= 4 is 17.6 Å². The predicted molar refractivity (Wildman–Crippen MR) is 152 cm³/mol. The number of carbonyl (C=O) groups excluding carboxylic acids is 2. The fraction of sp³-hybridized carbons (Fsp3) is 0.750. The minimum atomic E-state index is -1.48. The Morgan fingerprint density at radius 1 is 1.07 bits per heavy atom. The molecule has 4 unspecified atom stereocenters. The van der Waals surface area contributed by atoms with Gasteiger partial charge in [0.15, 0.2) is 0 Å². The zero-order valence-corrected chi connectivity index (χ0v) is 25.2. The van der Waals surface area contributed by atoms with E-state index < -0.39 is 34.3 Å². The second-order valence-electron chi connectivity index (χ2n) is 13.7. The molecule has 1 heterocycles. The van der Waals surface area contributed by atoms with E-state index in [1.54, 1.807) is 45.6 Å². The van der Waals surface area contributed by atoms with Crippen LogP contribution < -0.4 is 5.32 Å². The van der Waals surface area contributed by atoms with Crippen LogP contribution in [0, 0.1) is 29.1 Å². The molecule has 7 bridgehead atoms. The normalized spacial score (nSPS) is 48.2. The molecule has 1 saturated heterocycles. The van der Waals surface area contributed by atoms with E-state index >= 15 is 0 Å². The van der Waals surface area contributed by atoms with E-state index in [4.69, 9.17) is 18.9 Å². The number of para-hydroxylation sites is 1. The Kier molecular flexibility index (Phi) is 6.46. The van der Waals surface area contributed by atoms with Crippen molar-refractivity contribution in [1.29, 1.82) is 0 Å². The number of benzene rings is 1. The summed E-state index contributed by atoms with van der Waals surface area (Å²) in [4.78, 5) is 28.3. The fourth-order valence-corrected chi connectivity index (χ4v) is 11.6. The Morgan fingerprint density at radius 3 is 2.50 bits per heavy atom. The maximum atomic E-state index is 14.0. The van der Waals surface area contributed by atoms with Gasteiger partial charge >= 0.3 is 5.97 Å². The molecule has 3 N–H and O–H groups in total. The number of amides is 1. The number of rotatable bonds is 7. The van der Waals surface area contributed by atoms with Gasteiger partial charge in [-0.2, -0.15) is 0 Å². The Hall–Kier alpha value is -2.08. The molecule has 5 saturated carbocycles. The van der Waals surface area contributed by atoms with Gasteiger partial charge in [-0.15, -0.1) is 0 Å². The summed E-state index contributed by atoms with van der Waals surface area (Å²) < 4.78 is 25.1. The number of likely N-dealkylation sites (N-methyl/N-ethyl adjacent to an activating group) is 1. The topological polar surface area (TPSA) is 127 Å². The molecule has 10 nitrogen and oxygen atoms in total. The van der Waals surface area contributed by atoms with Gasteiger partial charge in [-0.25, -0.2) is 4.79 Å². The lowest BCUT2D eigenvalue weighted by molar-refractivity contribution is -0.337. The molecular weight excluding hydrogens is 540 g/mol. The minimum Gasteiger partial charge on any atom is -0.454 e. The number of hydrogen-bond acceptors (Lipinski definition) is 9. The minimum absolute atomic E-state index is 0.0432. The summed E-state index contributed by atoms with van der Waals surface area (Å²) in [5, 5.41) is 28.4. The molecule has 0 aromatic heterocycles. The number of piperidine rings is 1. The van der Waals surface area contributed by atoms with Gasteiger partial charge in [0.1, 0.15) is 16.8 Å². The van der Waals surface area contributed by atoms with E-state index in [-0.39, 0.29) is 47.8 Å². The molecule has 42 heavy (non-hydrogen) atoms. The molecule has 230 valence electrons. The second kappa shape index (κ2) is 9.46. The molecule has 1 aromatic carbocycles. The number of hydrogen-bond donors (Lipinski definition) is 3. The molecule has 5 aliphatic carbocycles. The van der Waals surface area contributed by atoms with Gasteiger partial charge in [0.25, 0.3) is 0 Å². The van der Waals surface area contributed by atoms with E-state index in [1.165, 1.54) is 6.92 Å². The maximum Gasteiger partial charge on any atom is 0.340 e. The fourth-order valence-electron chi connectivity index (χ4n) is 11.6. The van der Waals surface area contributed by atoms with Crippen molar-refractivity contribution in [1.82, 2.24) is 4.90 Å². The maximum absolute atomic E-state index is 14.0. The van der Waals surface area contributed by atoms with Crippen LogP contribution in [-0.2, 0) is 23.7 Å². The van der Waals surface area contributed by atoms with E-state index in [0.29, 0.717) is 56.4 Å². The number of anilines is 1. The molecule has 10 heteroatoms. The quantitative estimate of drug-likeness (QED) is 0.414. The van der Waals surface area contributed by atoms with Gasteiger partial charge in [0.2, 0.25) is 5.91 Å². The lowest BCUT2D eigenvalue weighted by Crippen LogP contribution is -2.83. The number of nitrogens with one attached hydrogen (secondary N) is 1. The van der Waals surface area contributed by atoms with Crippen molar-refractivity contribution in [3.05, 3.63) is 29.8 Å². The van der Waals surface area contributed by atoms with Crippen LogP contribution in [0.2, 0.25) is 0 Å². The van der Waals surface area contributed by atoms with E-state index in [1.807, 2.05) is 0 Å². The zero-order valence-electron chi connectivity index (χ0n) is 25.2. The molecule has 1 spiro atoms. The molecule has 1 aromatic rings. The smallest absolute Gasteiger partial charge is 0.340 e. The largest absolute Gasteiger partial charge is 0.454 e. The highest BCUT2D eigenvalue weighted by molar-refractivity contribution is 6.00. The summed E-state index contributed by atoms with van der Waals surface area (Å²) in [7, 11) is 5.05. The summed E-state index contributed by atoms with van der Waals surface area (Å²) in [6.45, 7) is 4.79. The summed E-state index contributed by atoms with van der Waals surface area (Å²) in [6.07, 6.45) is 1.91. The summed E-state index contributed by atoms with van der Waals surface area (Å²) in [6, 6.07) is 6.89. The van der Waals surface area contributed by atoms with Crippen LogP contribution >= 0.6 is 0 Å². The van der Waals surface area contributed by atoms with Gasteiger partial charge < -0.3 is 34.5 Å². The Balaban J connectivity index is 1.38. The number of aliphatic hydroxyl groups is 2. The number of carbonyl (C=O) groups is 2. The average molecular weight is 585 g/mol. The number of ether oxygens (including phenoxy) is 4. The van der Waals surface area contributed by atoms with Crippen LogP contribution in [0.3, 0.4) is 0 Å². The lowest BCUT2D eigenvalue weighted by atomic mass is 9.44. The molecular formula is C32H44N2O8. The highest BCUT2D eigenvalue weighted by Gasteiger charge is 2.89. The first-order chi connectivity index (χ1) is 20.1. The molecule has 7 rings (SSSR count). The van der Waals surface area contributed by atoms with Crippen molar-refractivity contribution in [2.45, 2.75) is 87.1 Å². The lowest BCUT2D eigenvalue weighted by Gasteiger charge is -2.70. The van der Waals surface area contributed by atoms with Gasteiger partial charge in [0.05, 0.1) is 29.6 Å². The van der Waals surface area contributed by atoms with Gasteiger partial charge in [-0.1, -0.05) is 19.1 Å². The summed E-state index contributed by atoms with van der Waals surface area (Å²) in [5.74, 6) is -1.54. The van der Waals surface area contributed by atoms with Crippen LogP contribution in [0.4, 0.5) is 5.69 Å². The number of esters is 1. The van der Waals surface area contributed by atoms with Gasteiger partial charge in [0, 0.05) is 76.3 Å². The third-order valence-electron chi connectivity index (χ3n) is 12.6. The number of nitrogens with zero attached hydrogens (tertiary/aromatic N) is 1. The first-order valence-electron chi connectivity index (χ1n) is 15.4. The Morgan fingerprint density at radius 2 is 1.83 bits per heavy atom. The van der Waals surface area contributed by atoms with Crippen LogP contribution in [0.5, 0.6) is 0 Å². The number of likely N-dealkylation sites (tertiary alicyclic amines) is 1. The molecule has 1 aliphatic heterocycles. The van der Waals surface area contributed by atoms with Crippen LogP contribution in [0.15, 0.2) is 24.3 Å². The number of methoxy groups -OCH3 is 3. The highest BCUT2D eigenvalue weighted by atomic mass is 16.6. The first kappa shape index (κ1) is 28.7. The third-order valence-corrected chi connectivity index (χ3v) is 12.6. The van der Waals surface area contributed by atoms with Gasteiger partial charge in [-0.05, 0) is 44.4 Å². The predicted octanol–water partition coefficient (Wildman–Crippen LogP) is 2.22. The standard InChI is InChI=1S/C32H44N2O8/c1-6-34-16-29(42-28(36)18-9-7-8-10-21(18)33-17(2)35)12-11-25(40-4)31-23(29)14-20(26(31)34)30(37)15-22(39-3)19-13-24(31)32(30,38)27(19)41-5/h7-10,19-20,22-27,37-38H,6,11-16H2,1-5H3,(H,33,35)/t19-,20?,22?,23-,24+,25+,26?,27?,29-,30+,31+,32+/m1/s1. The van der Waals surface area contributed by atoms with Crippen LogP contribution in [0.25, 0.3) is 0 Å². The van der Waals surface area contributed by atoms with Crippen LogP contribution in [0.1, 0.15) is 56.3 Å². The monoisotopic (exact) mass is 584 g/mol. The summed E-state index contributed by atoms with van der Waals surface area (Å²) >= 11 is 0. The van der Waals surface area contributed by atoms with Crippen molar-refractivity contribution in [2.24, 2.45) is 29.1 Å². The van der Waals surface area contributed by atoms with Crippen LogP contribution in [-0.4, -0.2) is 103 Å². The van der Waals surface area contributed by atoms with Crippen molar-refractivity contribution < 1.29 is 38.7 Å². The van der Waals surface area contributed by atoms with Crippen molar-refractivity contribution in [2.75, 3.05) is 39.7 Å². The second-order valence-corrected chi connectivity index (χ2v) is 13.7. The van der Waals surface area contributed by atoms with E-state index in [9.17, 15) is 19.8 Å². The Labute approximate surface area is 247 Å². The first-order valence-corrected chi connectivity index (χ1v) is 15.4. The molecule has 0 radical (unpaired) electrons. The SMILES string of the molecule is CCN1C[C@]2(OC(=O)c3ccccc3NC(C)=O)CC[C@H](OC)[C@]34C1C(C[C@H]23)[C@@]1(O)CC(OC)[C@H]2C[C@@H]4[C@]1(O)C2OC. The zero-order chi connectivity index (χ0) is 29.8. The van der Waals surface area contributed by atoms with Gasteiger partial charge in [-0.3, -0.25) is 9.69 Å². The third kappa shape index (κ3) is 3.21. The highest BCUT2D eigenvalue weighted by Crippen LogP contribution is 2.79.